The van der Waals surface area contributed by atoms with Gasteiger partial charge in [0.1, 0.15) is 0 Å². The van der Waals surface area contributed by atoms with E-state index in [-0.39, 0.29) is 6.79 Å². The summed E-state index contributed by atoms with van der Waals surface area (Å²) in [4.78, 5) is 0. The number of fused-ring (bicyclic) bond motifs is 1. The van der Waals surface area contributed by atoms with Crippen LogP contribution in [0.3, 0.4) is 0 Å². The molecule has 0 saturated carbocycles. The van der Waals surface area contributed by atoms with Crippen LogP contribution in [0, 0.1) is 0 Å². The van der Waals surface area contributed by atoms with Gasteiger partial charge in [-0.2, -0.15) is 0 Å². The Balaban J connectivity index is 1.47. The monoisotopic (exact) mass is 328 g/mol. The van der Waals surface area contributed by atoms with Gasteiger partial charge in [-0.1, -0.05) is 30.3 Å². The van der Waals surface area contributed by atoms with Crippen LogP contribution in [0.25, 0.3) is 0 Å². The molecule has 1 aliphatic heterocycles. The average molecular weight is 328 g/mol. The minimum Gasteiger partial charge on any atom is -0.454 e. The van der Waals surface area contributed by atoms with Crippen molar-refractivity contribution in [3.05, 3.63) is 54.1 Å². The molecule has 1 atom stereocenters. The third kappa shape index (κ3) is 4.36. The van der Waals surface area contributed by atoms with Crippen molar-refractivity contribution in [2.75, 3.05) is 12.1 Å². The minimum absolute atomic E-state index is 0.276. The molecule has 0 bridgehead atoms. The Hall–Kier alpha value is -2.27. The van der Waals surface area contributed by atoms with Gasteiger partial charge in [-0.3, -0.25) is 0 Å². The normalized spacial score (nSPS) is 13.4. The first kappa shape index (κ1) is 15.6. The van der Waals surface area contributed by atoms with Crippen molar-refractivity contribution in [2.45, 2.75) is 25.8 Å². The van der Waals surface area contributed by atoms with E-state index in [1.54, 1.807) is 0 Å². The van der Waals surface area contributed by atoms with Crippen LogP contribution >= 0.6 is 12.2 Å². The quantitative estimate of drug-likeness (QED) is 0.819. The van der Waals surface area contributed by atoms with Crippen molar-refractivity contribution in [1.82, 2.24) is 5.32 Å². The van der Waals surface area contributed by atoms with Gasteiger partial charge in [-0.25, -0.2) is 0 Å². The molecule has 2 aromatic rings. The Morgan fingerprint density at radius 2 is 1.91 bits per heavy atom. The molecule has 0 aromatic heterocycles. The Morgan fingerprint density at radius 3 is 2.74 bits per heavy atom. The van der Waals surface area contributed by atoms with E-state index in [0.29, 0.717) is 11.2 Å². The van der Waals surface area contributed by atoms with Crippen LogP contribution in [0.5, 0.6) is 11.5 Å². The fourth-order valence-electron chi connectivity index (χ4n) is 2.47. The van der Waals surface area contributed by atoms with Crippen LogP contribution in [0.4, 0.5) is 5.69 Å². The predicted octanol–water partition coefficient (Wildman–Crippen LogP) is 3.72. The van der Waals surface area contributed by atoms with E-state index in [4.69, 9.17) is 21.7 Å². The SMILES string of the molecule is C[C@@H](CCc1ccccc1)NC(=S)Nc1ccc2c(c1)OCO2. The van der Waals surface area contributed by atoms with E-state index >= 15 is 0 Å². The highest BCUT2D eigenvalue weighted by Crippen LogP contribution is 2.34. The van der Waals surface area contributed by atoms with Gasteiger partial charge in [-0.05, 0) is 49.7 Å². The number of rotatable bonds is 5. The summed E-state index contributed by atoms with van der Waals surface area (Å²) < 4.78 is 10.7. The molecule has 1 heterocycles. The number of nitrogens with one attached hydrogen (secondary N) is 2. The molecule has 3 rings (SSSR count). The topological polar surface area (TPSA) is 42.5 Å². The first-order valence-electron chi connectivity index (χ1n) is 7.72. The fraction of sp³-hybridized carbons (Fsp3) is 0.278. The van der Waals surface area contributed by atoms with Gasteiger partial charge >= 0.3 is 0 Å². The highest BCUT2D eigenvalue weighted by atomic mass is 32.1. The first-order chi connectivity index (χ1) is 11.2. The lowest BCUT2D eigenvalue weighted by Gasteiger charge is -2.17. The molecule has 2 aromatic carbocycles. The second-order valence-electron chi connectivity index (χ2n) is 5.59. The van der Waals surface area contributed by atoms with Gasteiger partial charge in [0.2, 0.25) is 6.79 Å². The van der Waals surface area contributed by atoms with Crippen molar-refractivity contribution in [3.63, 3.8) is 0 Å². The predicted molar refractivity (Wildman–Crippen MR) is 96.1 cm³/mol. The Labute approximate surface area is 141 Å². The van der Waals surface area contributed by atoms with Gasteiger partial charge in [0.25, 0.3) is 0 Å². The van der Waals surface area contributed by atoms with E-state index in [2.05, 4.69) is 41.8 Å². The summed E-state index contributed by atoms with van der Waals surface area (Å²) in [6, 6.07) is 16.5. The summed E-state index contributed by atoms with van der Waals surface area (Å²) in [7, 11) is 0. The summed E-state index contributed by atoms with van der Waals surface area (Å²) >= 11 is 5.38. The summed E-state index contributed by atoms with van der Waals surface area (Å²) in [6.45, 7) is 2.41. The maximum absolute atomic E-state index is 5.38. The zero-order chi connectivity index (χ0) is 16.1. The molecule has 1 aliphatic rings. The van der Waals surface area contributed by atoms with Crippen LogP contribution in [0.2, 0.25) is 0 Å². The third-order valence-corrected chi connectivity index (χ3v) is 3.94. The highest BCUT2D eigenvalue weighted by molar-refractivity contribution is 7.80. The molecule has 2 N–H and O–H groups in total. The van der Waals surface area contributed by atoms with Crippen LogP contribution in [0.15, 0.2) is 48.5 Å². The fourth-order valence-corrected chi connectivity index (χ4v) is 2.78. The lowest BCUT2D eigenvalue weighted by atomic mass is 10.1. The molecule has 23 heavy (non-hydrogen) atoms. The summed E-state index contributed by atoms with van der Waals surface area (Å²) in [5, 5.41) is 7.12. The maximum atomic E-state index is 5.38. The van der Waals surface area contributed by atoms with Crippen molar-refractivity contribution in [2.24, 2.45) is 0 Å². The van der Waals surface area contributed by atoms with Crippen LogP contribution < -0.4 is 20.1 Å². The van der Waals surface area contributed by atoms with Crippen molar-refractivity contribution in [3.8, 4) is 11.5 Å². The number of aryl methyl sites for hydroxylation is 1. The van der Waals surface area contributed by atoms with Gasteiger partial charge in [-0.15, -0.1) is 0 Å². The molecule has 120 valence electrons. The van der Waals surface area contributed by atoms with E-state index in [0.717, 1.165) is 30.0 Å². The zero-order valence-electron chi connectivity index (χ0n) is 13.0. The molecule has 0 saturated heterocycles. The van der Waals surface area contributed by atoms with E-state index < -0.39 is 0 Å². The maximum Gasteiger partial charge on any atom is 0.231 e. The largest absolute Gasteiger partial charge is 0.454 e. The number of benzene rings is 2. The van der Waals surface area contributed by atoms with Crippen LogP contribution in [-0.2, 0) is 6.42 Å². The lowest BCUT2D eigenvalue weighted by Crippen LogP contribution is -2.36. The van der Waals surface area contributed by atoms with Crippen LogP contribution in [0.1, 0.15) is 18.9 Å². The van der Waals surface area contributed by atoms with Gasteiger partial charge in [0, 0.05) is 17.8 Å². The average Bonchev–Trinajstić information content (AvgIpc) is 3.01. The first-order valence-corrected chi connectivity index (χ1v) is 8.12. The number of ether oxygens (including phenoxy) is 2. The molecule has 0 unspecified atom stereocenters. The van der Waals surface area contributed by atoms with Crippen molar-refractivity contribution in [1.29, 1.82) is 0 Å². The minimum atomic E-state index is 0.276. The van der Waals surface area contributed by atoms with Gasteiger partial charge in [0.15, 0.2) is 16.6 Å². The van der Waals surface area contributed by atoms with Gasteiger partial charge < -0.3 is 20.1 Å². The highest BCUT2D eigenvalue weighted by Gasteiger charge is 2.13. The molecular weight excluding hydrogens is 308 g/mol. The van der Waals surface area contributed by atoms with E-state index in [9.17, 15) is 0 Å². The number of hydrogen-bond donors (Lipinski definition) is 2. The van der Waals surface area contributed by atoms with Crippen molar-refractivity contribution >= 4 is 23.0 Å². The Kier molecular flexibility index (Phi) is 4.98. The zero-order valence-corrected chi connectivity index (χ0v) is 13.9. The molecule has 0 radical (unpaired) electrons. The summed E-state index contributed by atoms with van der Waals surface area (Å²) in [6.07, 6.45) is 2.05. The molecule has 0 aliphatic carbocycles. The number of thiocarbonyl (C=S) groups is 1. The second-order valence-corrected chi connectivity index (χ2v) is 6.00. The van der Waals surface area contributed by atoms with Gasteiger partial charge in [0.05, 0.1) is 0 Å². The standard InChI is InChI=1S/C18H20N2O2S/c1-13(7-8-14-5-3-2-4-6-14)19-18(23)20-15-9-10-16-17(11-15)22-12-21-16/h2-6,9-11,13H,7-8,12H2,1H3,(H2,19,20,23)/t13-/m0/s1. The lowest BCUT2D eigenvalue weighted by molar-refractivity contribution is 0.174. The molecule has 0 amide bonds. The molecule has 5 heteroatoms. The van der Waals surface area contributed by atoms with E-state index in [1.807, 2.05) is 24.3 Å². The molecular formula is C18H20N2O2S. The van der Waals surface area contributed by atoms with Crippen LogP contribution in [-0.4, -0.2) is 17.9 Å². The second kappa shape index (κ2) is 7.33. The molecule has 0 fully saturated rings. The third-order valence-electron chi connectivity index (χ3n) is 3.72. The molecule has 4 nitrogen and oxygen atoms in total. The van der Waals surface area contributed by atoms with E-state index in [1.165, 1.54) is 5.56 Å². The number of anilines is 1. The number of hydrogen-bond acceptors (Lipinski definition) is 3. The van der Waals surface area contributed by atoms with Crippen molar-refractivity contribution < 1.29 is 9.47 Å². The Morgan fingerprint density at radius 1 is 1.13 bits per heavy atom. The summed E-state index contributed by atoms with van der Waals surface area (Å²) in [5.74, 6) is 1.51. The smallest absolute Gasteiger partial charge is 0.231 e. The molecule has 0 spiro atoms. The summed E-state index contributed by atoms with van der Waals surface area (Å²) in [5.41, 5.74) is 2.23. The Bertz CT molecular complexity index is 676.